The van der Waals surface area contributed by atoms with Gasteiger partial charge in [0.15, 0.2) is 5.82 Å². The van der Waals surface area contributed by atoms with Crippen LogP contribution in [0.2, 0.25) is 0 Å². The zero-order valence-electron chi connectivity index (χ0n) is 17.4. The molecule has 0 spiro atoms. The lowest BCUT2D eigenvalue weighted by Crippen LogP contribution is -2.31. The molecule has 1 amide bonds. The lowest BCUT2D eigenvalue weighted by molar-refractivity contribution is -0.121. The number of amides is 1. The van der Waals surface area contributed by atoms with E-state index < -0.39 is 0 Å². The van der Waals surface area contributed by atoms with Gasteiger partial charge in [-0.05, 0) is 37.8 Å². The average Bonchev–Trinajstić information content (AvgIpc) is 2.99. The quantitative estimate of drug-likeness (QED) is 0.761. The van der Waals surface area contributed by atoms with E-state index in [-0.39, 0.29) is 11.9 Å². The van der Waals surface area contributed by atoms with Gasteiger partial charge in [0.05, 0.1) is 6.04 Å². The topological polar surface area (TPSA) is 63.1 Å². The molecule has 0 saturated heterocycles. The van der Waals surface area contributed by atoms with Crippen molar-refractivity contribution >= 4 is 5.91 Å². The van der Waals surface area contributed by atoms with Crippen molar-refractivity contribution in [2.45, 2.75) is 59.0 Å². The number of hydrogen-bond donors (Lipinski definition) is 1. The molecular formula is C22H33N5O. The second-order valence-electron chi connectivity index (χ2n) is 8.18. The molecule has 1 aromatic heterocycles. The summed E-state index contributed by atoms with van der Waals surface area (Å²) in [5.74, 6) is 2.69. The Kier molecular flexibility index (Phi) is 7.20. The third-order valence-corrected chi connectivity index (χ3v) is 5.42. The average molecular weight is 384 g/mol. The summed E-state index contributed by atoms with van der Waals surface area (Å²) in [6, 6.07) is 9.98. The van der Waals surface area contributed by atoms with E-state index >= 15 is 0 Å². The lowest BCUT2D eigenvalue weighted by atomic mass is 10.1. The smallest absolute Gasteiger partial charge is 0.220 e. The second kappa shape index (κ2) is 9.82. The number of nitrogens with one attached hydrogen (secondary N) is 1. The third kappa shape index (κ3) is 5.64. The van der Waals surface area contributed by atoms with E-state index in [1.54, 1.807) is 0 Å². The Labute approximate surface area is 168 Å². The van der Waals surface area contributed by atoms with Crippen molar-refractivity contribution < 1.29 is 4.79 Å². The highest BCUT2D eigenvalue weighted by Gasteiger charge is 2.22. The van der Waals surface area contributed by atoms with Crippen molar-refractivity contribution in [2.75, 3.05) is 19.6 Å². The number of nitrogens with zero attached hydrogens (tertiary/aromatic N) is 4. The van der Waals surface area contributed by atoms with Crippen LogP contribution in [0.4, 0.5) is 0 Å². The van der Waals surface area contributed by atoms with Gasteiger partial charge in [-0.15, -0.1) is 10.2 Å². The maximum atomic E-state index is 12.4. The highest BCUT2D eigenvalue weighted by molar-refractivity contribution is 5.76. The number of aryl methyl sites for hydroxylation is 1. The number of fused-ring (bicyclic) bond motifs is 1. The summed E-state index contributed by atoms with van der Waals surface area (Å²) in [5.41, 5.74) is 1.18. The van der Waals surface area contributed by atoms with E-state index in [0.717, 1.165) is 56.6 Å². The first-order valence-corrected chi connectivity index (χ1v) is 10.5. The fourth-order valence-electron chi connectivity index (χ4n) is 3.65. The van der Waals surface area contributed by atoms with E-state index in [1.165, 1.54) is 12.0 Å². The van der Waals surface area contributed by atoms with Crippen LogP contribution in [-0.4, -0.2) is 45.2 Å². The number of rotatable bonds is 8. The molecule has 6 nitrogen and oxygen atoms in total. The van der Waals surface area contributed by atoms with Crippen LogP contribution in [0.15, 0.2) is 30.3 Å². The first-order chi connectivity index (χ1) is 13.5. The van der Waals surface area contributed by atoms with Crippen molar-refractivity contribution in [1.29, 1.82) is 0 Å². The zero-order chi connectivity index (χ0) is 19.9. The van der Waals surface area contributed by atoms with Gasteiger partial charge in [-0.1, -0.05) is 44.2 Å². The van der Waals surface area contributed by atoms with Crippen molar-refractivity contribution in [2.24, 2.45) is 5.92 Å². The predicted molar refractivity (Wildman–Crippen MR) is 111 cm³/mol. The first kappa shape index (κ1) is 20.5. The normalized spacial score (nSPS) is 15.9. The molecule has 2 heterocycles. The van der Waals surface area contributed by atoms with Crippen LogP contribution in [0.25, 0.3) is 0 Å². The Morgan fingerprint density at radius 1 is 1.11 bits per heavy atom. The van der Waals surface area contributed by atoms with Gasteiger partial charge in [0.2, 0.25) is 5.91 Å². The van der Waals surface area contributed by atoms with Crippen LogP contribution in [-0.2, 0) is 24.2 Å². The van der Waals surface area contributed by atoms with Gasteiger partial charge in [0.1, 0.15) is 5.82 Å². The minimum atomic E-state index is -0.133. The standard InChI is InChI=1S/C22H33N5O/c1-17(2)11-13-26-14-12-20-24-25-22(27(20)16-15-26)18(3)23-21(28)10-9-19-7-5-4-6-8-19/h4-8,17-18H,9-16H2,1-3H3,(H,23,28). The van der Waals surface area contributed by atoms with Gasteiger partial charge in [-0.2, -0.15) is 0 Å². The van der Waals surface area contributed by atoms with Crippen LogP contribution in [0, 0.1) is 5.92 Å². The Morgan fingerprint density at radius 3 is 2.64 bits per heavy atom. The van der Waals surface area contributed by atoms with Crippen molar-refractivity contribution in [1.82, 2.24) is 25.0 Å². The highest BCUT2D eigenvalue weighted by Crippen LogP contribution is 2.16. The summed E-state index contributed by atoms with van der Waals surface area (Å²) in [7, 11) is 0. The Bertz CT molecular complexity index is 756. The van der Waals surface area contributed by atoms with Crippen LogP contribution in [0.1, 0.15) is 56.9 Å². The minimum absolute atomic E-state index is 0.0564. The summed E-state index contributed by atoms with van der Waals surface area (Å²) < 4.78 is 2.21. The summed E-state index contributed by atoms with van der Waals surface area (Å²) in [6.45, 7) is 10.6. The number of hydrogen-bond acceptors (Lipinski definition) is 4. The molecule has 1 atom stereocenters. The Morgan fingerprint density at radius 2 is 1.89 bits per heavy atom. The van der Waals surface area contributed by atoms with E-state index in [0.29, 0.717) is 6.42 Å². The van der Waals surface area contributed by atoms with Gasteiger partial charge in [-0.3, -0.25) is 4.79 Å². The van der Waals surface area contributed by atoms with Crippen LogP contribution >= 0.6 is 0 Å². The summed E-state index contributed by atoms with van der Waals surface area (Å²) in [5, 5.41) is 11.9. The molecule has 1 unspecified atom stereocenters. The van der Waals surface area contributed by atoms with E-state index in [4.69, 9.17) is 0 Å². The maximum Gasteiger partial charge on any atom is 0.220 e. The zero-order valence-corrected chi connectivity index (χ0v) is 17.4. The number of carbonyl (C=O) groups is 1. The number of aromatic nitrogens is 3. The molecule has 1 aromatic carbocycles. The second-order valence-corrected chi connectivity index (χ2v) is 8.18. The first-order valence-electron chi connectivity index (χ1n) is 10.5. The van der Waals surface area contributed by atoms with Gasteiger partial charge >= 0.3 is 0 Å². The molecule has 28 heavy (non-hydrogen) atoms. The number of benzene rings is 1. The van der Waals surface area contributed by atoms with Gasteiger partial charge in [-0.25, -0.2) is 0 Å². The summed E-state index contributed by atoms with van der Waals surface area (Å²) in [6.07, 6.45) is 3.38. The summed E-state index contributed by atoms with van der Waals surface area (Å²) in [4.78, 5) is 14.9. The van der Waals surface area contributed by atoms with E-state index in [2.05, 4.69) is 51.0 Å². The Hall–Kier alpha value is -2.21. The van der Waals surface area contributed by atoms with Crippen LogP contribution < -0.4 is 5.32 Å². The molecule has 1 aliphatic heterocycles. The highest BCUT2D eigenvalue weighted by atomic mass is 16.1. The molecule has 0 radical (unpaired) electrons. The lowest BCUT2D eigenvalue weighted by Gasteiger charge is -2.21. The van der Waals surface area contributed by atoms with Crippen molar-refractivity contribution in [3.8, 4) is 0 Å². The monoisotopic (exact) mass is 383 g/mol. The van der Waals surface area contributed by atoms with Crippen LogP contribution in [0.3, 0.4) is 0 Å². The fourth-order valence-corrected chi connectivity index (χ4v) is 3.65. The van der Waals surface area contributed by atoms with Gasteiger partial charge in [0.25, 0.3) is 0 Å². The third-order valence-electron chi connectivity index (χ3n) is 5.42. The molecule has 0 fully saturated rings. The molecule has 2 aromatic rings. The molecule has 3 rings (SSSR count). The molecular weight excluding hydrogens is 350 g/mol. The van der Waals surface area contributed by atoms with Crippen LogP contribution in [0.5, 0.6) is 0 Å². The minimum Gasteiger partial charge on any atom is -0.346 e. The molecule has 152 valence electrons. The molecule has 0 aliphatic carbocycles. The fraction of sp³-hybridized carbons (Fsp3) is 0.591. The molecule has 6 heteroatoms. The van der Waals surface area contributed by atoms with Crippen molar-refractivity contribution in [3.63, 3.8) is 0 Å². The largest absolute Gasteiger partial charge is 0.346 e. The summed E-state index contributed by atoms with van der Waals surface area (Å²) >= 11 is 0. The number of carbonyl (C=O) groups excluding carboxylic acids is 1. The Balaban J connectivity index is 1.53. The SMILES string of the molecule is CC(C)CCN1CCc2nnc(C(C)NC(=O)CCc3ccccc3)n2CC1. The predicted octanol–water partition coefficient (Wildman–Crippen LogP) is 2.99. The molecule has 0 bridgehead atoms. The molecule has 1 N–H and O–H groups in total. The van der Waals surface area contributed by atoms with E-state index in [9.17, 15) is 4.79 Å². The molecule has 1 aliphatic rings. The van der Waals surface area contributed by atoms with Gasteiger partial charge in [0, 0.05) is 32.5 Å². The van der Waals surface area contributed by atoms with Crippen molar-refractivity contribution in [3.05, 3.63) is 47.5 Å². The van der Waals surface area contributed by atoms with E-state index in [1.807, 2.05) is 25.1 Å². The maximum absolute atomic E-state index is 12.4. The van der Waals surface area contributed by atoms with Gasteiger partial charge < -0.3 is 14.8 Å². The molecule has 0 saturated carbocycles.